The van der Waals surface area contributed by atoms with Crippen LogP contribution < -0.4 is 9.47 Å². The third-order valence-electron chi connectivity index (χ3n) is 4.56. The third-order valence-corrected chi connectivity index (χ3v) is 4.56. The summed E-state index contributed by atoms with van der Waals surface area (Å²) < 4.78 is 21.4. The lowest BCUT2D eigenvalue weighted by atomic mass is 9.90. The van der Waals surface area contributed by atoms with Crippen LogP contribution >= 0.6 is 0 Å². The largest absolute Gasteiger partial charge is 0.497 e. The van der Waals surface area contributed by atoms with E-state index in [9.17, 15) is 19.2 Å². The third kappa shape index (κ3) is 2.98. The fourth-order valence-electron chi connectivity index (χ4n) is 3.15. The number of carbonyl (C=O) groups is 4. The van der Waals surface area contributed by atoms with Crippen LogP contribution in [0, 0.1) is 0 Å². The Morgan fingerprint density at radius 1 is 1.11 bits per heavy atom. The van der Waals surface area contributed by atoms with Crippen molar-refractivity contribution in [2.75, 3.05) is 14.2 Å². The van der Waals surface area contributed by atoms with E-state index < -0.39 is 34.9 Å². The van der Waals surface area contributed by atoms with Gasteiger partial charge in [0, 0.05) is 31.4 Å². The molecule has 0 aromatic heterocycles. The Morgan fingerprint density at radius 2 is 1.75 bits per heavy atom. The minimum atomic E-state index is -1.68. The Hall–Kier alpha value is -3.36. The molecule has 1 fully saturated rings. The van der Waals surface area contributed by atoms with Gasteiger partial charge in [-0.2, -0.15) is 0 Å². The number of amides is 2. The van der Waals surface area contributed by atoms with Crippen molar-refractivity contribution in [3.63, 3.8) is 0 Å². The number of ketones is 1. The van der Waals surface area contributed by atoms with Crippen molar-refractivity contribution in [3.8, 4) is 11.5 Å². The summed E-state index contributed by atoms with van der Waals surface area (Å²) in [5, 5.41) is 0. The van der Waals surface area contributed by atoms with Gasteiger partial charge in [0.2, 0.25) is 23.2 Å². The highest BCUT2D eigenvalue weighted by Gasteiger charge is 2.54. The molecule has 9 heteroatoms. The average molecular weight is 389 g/mol. The van der Waals surface area contributed by atoms with Gasteiger partial charge in [-0.3, -0.25) is 19.2 Å². The van der Waals surface area contributed by atoms with Crippen molar-refractivity contribution in [2.24, 2.45) is 0 Å². The number of methoxy groups -OCH3 is 2. The summed E-state index contributed by atoms with van der Waals surface area (Å²) in [5.74, 6) is -2.66. The molecule has 9 nitrogen and oxygen atoms in total. The summed E-state index contributed by atoms with van der Waals surface area (Å²) in [4.78, 5) is 49.8. The van der Waals surface area contributed by atoms with Crippen molar-refractivity contribution >= 4 is 23.6 Å². The molecule has 1 saturated heterocycles. The Labute approximate surface area is 160 Å². The number of nitrogens with zero attached hydrogens (tertiary/aromatic N) is 1. The lowest BCUT2D eigenvalue weighted by Gasteiger charge is -2.27. The molecule has 1 aromatic rings. The molecule has 148 valence electrons. The van der Waals surface area contributed by atoms with E-state index in [-0.39, 0.29) is 24.5 Å². The van der Waals surface area contributed by atoms with Crippen molar-refractivity contribution in [3.05, 3.63) is 35.4 Å². The van der Waals surface area contributed by atoms with Crippen LogP contribution in [0.5, 0.6) is 11.5 Å². The van der Waals surface area contributed by atoms with E-state index in [1.54, 1.807) is 18.2 Å². The van der Waals surface area contributed by atoms with Gasteiger partial charge in [-0.15, -0.1) is 0 Å². The number of ether oxygens (including phenoxy) is 4. The number of imide groups is 1. The Bertz CT molecular complexity index is 903. The van der Waals surface area contributed by atoms with Gasteiger partial charge in [0.15, 0.2) is 0 Å². The smallest absolute Gasteiger partial charge is 0.308 e. The van der Waals surface area contributed by atoms with E-state index in [0.717, 1.165) is 11.8 Å². The van der Waals surface area contributed by atoms with Gasteiger partial charge in [0.1, 0.15) is 11.5 Å². The molecule has 1 unspecified atom stereocenters. The second-order valence-electron chi connectivity index (χ2n) is 6.38. The van der Waals surface area contributed by atoms with Crippen LogP contribution in [0.15, 0.2) is 29.8 Å². The number of Topliss-reactive ketones (excluding diaryl/α,β-unsaturated/α-hetero) is 1. The molecule has 2 heterocycles. The van der Waals surface area contributed by atoms with E-state index in [0.29, 0.717) is 11.3 Å². The quantitative estimate of drug-likeness (QED) is 0.549. The van der Waals surface area contributed by atoms with E-state index in [1.165, 1.54) is 21.1 Å². The second-order valence-corrected chi connectivity index (χ2v) is 6.38. The molecule has 2 aliphatic heterocycles. The van der Waals surface area contributed by atoms with Gasteiger partial charge >= 0.3 is 5.97 Å². The molecule has 0 spiro atoms. The molecule has 0 bridgehead atoms. The van der Waals surface area contributed by atoms with Crippen LogP contribution in [0.4, 0.5) is 0 Å². The Balaban J connectivity index is 2.11. The first-order valence-corrected chi connectivity index (χ1v) is 8.47. The summed E-state index contributed by atoms with van der Waals surface area (Å²) in [7, 11) is 2.90. The van der Waals surface area contributed by atoms with Crippen molar-refractivity contribution < 1.29 is 38.1 Å². The monoisotopic (exact) mass is 389 g/mol. The van der Waals surface area contributed by atoms with Crippen molar-refractivity contribution in [1.82, 2.24) is 4.90 Å². The molecule has 0 N–H and O–H groups in total. The van der Waals surface area contributed by atoms with Crippen LogP contribution in [0.25, 0.3) is 0 Å². The number of hydrogen-bond acceptors (Lipinski definition) is 8. The molecule has 0 radical (unpaired) electrons. The van der Waals surface area contributed by atoms with Gasteiger partial charge in [-0.25, -0.2) is 4.90 Å². The zero-order chi connectivity index (χ0) is 20.6. The predicted octanol–water partition coefficient (Wildman–Crippen LogP) is 1.40. The molecule has 0 saturated carbocycles. The number of hydrogen-bond donors (Lipinski definition) is 0. The van der Waals surface area contributed by atoms with Crippen LogP contribution in [0.2, 0.25) is 0 Å². The number of carbonyl (C=O) groups excluding carboxylic acids is 4. The van der Waals surface area contributed by atoms with Crippen LogP contribution in [0.1, 0.15) is 32.3 Å². The fraction of sp³-hybridized carbons (Fsp3) is 0.368. The molecule has 0 aliphatic carbocycles. The summed E-state index contributed by atoms with van der Waals surface area (Å²) in [5.41, 5.74) is -1.36. The minimum absolute atomic E-state index is 0.0180. The first kappa shape index (κ1) is 19.4. The van der Waals surface area contributed by atoms with E-state index in [1.807, 2.05) is 0 Å². The van der Waals surface area contributed by atoms with E-state index in [4.69, 9.17) is 18.9 Å². The SMILES string of the molecule is COc1ccc(C2(C)OC(N3C(=O)CCC3=O)=C(OC(C)=O)C2=O)c(OC)c1. The molecule has 1 atom stereocenters. The van der Waals surface area contributed by atoms with Gasteiger partial charge in [0.05, 0.1) is 14.2 Å². The van der Waals surface area contributed by atoms with Crippen molar-refractivity contribution in [1.29, 1.82) is 0 Å². The van der Waals surface area contributed by atoms with E-state index in [2.05, 4.69) is 0 Å². The summed E-state index contributed by atoms with van der Waals surface area (Å²) in [6.45, 7) is 2.55. The fourth-order valence-corrected chi connectivity index (χ4v) is 3.15. The Kier molecular flexibility index (Phi) is 4.84. The number of likely N-dealkylation sites (tertiary alicyclic amines) is 1. The standard InChI is InChI=1S/C19H19NO8/c1-10(21)27-16-17(24)19(2,12-6-5-11(25-3)9-13(12)26-4)28-18(16)20-14(22)7-8-15(20)23/h5-6,9H,7-8H2,1-4H3. The summed E-state index contributed by atoms with van der Waals surface area (Å²) >= 11 is 0. The predicted molar refractivity (Wildman–Crippen MR) is 92.9 cm³/mol. The maximum Gasteiger partial charge on any atom is 0.308 e. The van der Waals surface area contributed by atoms with Gasteiger partial charge in [0.25, 0.3) is 11.7 Å². The highest BCUT2D eigenvalue weighted by molar-refractivity contribution is 6.09. The second kappa shape index (κ2) is 6.99. The van der Waals surface area contributed by atoms with Gasteiger partial charge < -0.3 is 18.9 Å². The normalized spacial score (nSPS) is 21.9. The summed E-state index contributed by atoms with van der Waals surface area (Å²) in [6.07, 6.45) is -0.0361. The maximum atomic E-state index is 13.2. The van der Waals surface area contributed by atoms with E-state index >= 15 is 0 Å². The van der Waals surface area contributed by atoms with Crippen LogP contribution in [-0.4, -0.2) is 42.7 Å². The molecular weight excluding hydrogens is 370 g/mol. The van der Waals surface area contributed by atoms with Crippen molar-refractivity contribution in [2.45, 2.75) is 32.3 Å². The molecule has 2 aliphatic rings. The lowest BCUT2D eigenvalue weighted by molar-refractivity contribution is -0.144. The van der Waals surface area contributed by atoms with Gasteiger partial charge in [-0.1, -0.05) is 0 Å². The highest BCUT2D eigenvalue weighted by atomic mass is 16.6. The summed E-state index contributed by atoms with van der Waals surface area (Å²) in [6, 6.07) is 4.74. The molecule has 2 amide bonds. The zero-order valence-electron chi connectivity index (χ0n) is 15.9. The lowest BCUT2D eigenvalue weighted by Crippen LogP contribution is -2.34. The number of benzene rings is 1. The van der Waals surface area contributed by atoms with Gasteiger partial charge in [-0.05, 0) is 19.1 Å². The maximum absolute atomic E-state index is 13.2. The first-order chi connectivity index (χ1) is 13.2. The average Bonchev–Trinajstić information content (AvgIpc) is 3.12. The highest BCUT2D eigenvalue weighted by Crippen LogP contribution is 2.45. The van der Waals surface area contributed by atoms with Crippen LogP contribution in [0.3, 0.4) is 0 Å². The van der Waals surface area contributed by atoms with Crippen LogP contribution in [-0.2, 0) is 34.3 Å². The number of rotatable bonds is 5. The Morgan fingerprint density at radius 3 is 2.29 bits per heavy atom. The first-order valence-electron chi connectivity index (χ1n) is 8.47. The zero-order valence-corrected chi connectivity index (χ0v) is 15.9. The molecule has 3 rings (SSSR count). The minimum Gasteiger partial charge on any atom is -0.497 e. The molecule has 1 aromatic carbocycles. The molecule has 28 heavy (non-hydrogen) atoms. The topological polar surface area (TPSA) is 108 Å². The number of esters is 1. The molecular formula is C19H19NO8.